The molecule has 0 unspecified atom stereocenters. The standard InChI is InChI=1S/C17H24O6S/c1-11-5-7-12(8-6-11)24(20,21)22-10-15(18)13-9-14(13)16(19)23-17(2,3)4/h5-8,13-15,18H,9-10H2,1-4H3/t13-,14-,15-/m1/s1. The fraction of sp³-hybridized carbons (Fsp3) is 0.588. The van der Waals surface area contributed by atoms with Crippen molar-refractivity contribution in [2.75, 3.05) is 6.61 Å². The fourth-order valence-electron chi connectivity index (χ4n) is 2.34. The molecule has 1 aliphatic carbocycles. The maximum Gasteiger partial charge on any atom is 0.309 e. The molecule has 0 heterocycles. The van der Waals surface area contributed by atoms with E-state index in [2.05, 4.69) is 0 Å². The van der Waals surface area contributed by atoms with Crippen molar-refractivity contribution in [3.63, 3.8) is 0 Å². The smallest absolute Gasteiger partial charge is 0.309 e. The van der Waals surface area contributed by atoms with Crippen LogP contribution < -0.4 is 0 Å². The van der Waals surface area contributed by atoms with Crippen LogP contribution in [0, 0.1) is 18.8 Å². The summed E-state index contributed by atoms with van der Waals surface area (Å²) in [5, 5.41) is 10.1. The molecule has 1 N–H and O–H groups in total. The summed E-state index contributed by atoms with van der Waals surface area (Å²) in [5.41, 5.74) is 0.354. The van der Waals surface area contributed by atoms with Gasteiger partial charge in [0.25, 0.3) is 10.1 Å². The zero-order valence-electron chi connectivity index (χ0n) is 14.4. The van der Waals surface area contributed by atoms with Crippen LogP contribution in [-0.2, 0) is 23.8 Å². The van der Waals surface area contributed by atoms with Crippen LogP contribution in [0.1, 0.15) is 32.8 Å². The van der Waals surface area contributed by atoms with Crippen LogP contribution >= 0.6 is 0 Å². The third-order valence-corrected chi connectivity index (χ3v) is 5.04. The van der Waals surface area contributed by atoms with Gasteiger partial charge in [0.1, 0.15) is 5.60 Å². The summed E-state index contributed by atoms with van der Waals surface area (Å²) in [4.78, 5) is 11.9. The summed E-state index contributed by atoms with van der Waals surface area (Å²) in [7, 11) is -3.92. The Kier molecular flexibility index (Phi) is 5.37. The Morgan fingerprint density at radius 3 is 2.42 bits per heavy atom. The molecule has 0 amide bonds. The molecule has 3 atom stereocenters. The number of hydrogen-bond acceptors (Lipinski definition) is 6. The van der Waals surface area contributed by atoms with E-state index in [1.807, 2.05) is 6.92 Å². The molecule has 0 aromatic heterocycles. The number of rotatable bonds is 6. The number of aliphatic hydroxyl groups excluding tert-OH is 1. The first-order valence-corrected chi connectivity index (χ1v) is 9.27. The van der Waals surface area contributed by atoms with Gasteiger partial charge in [-0.2, -0.15) is 8.42 Å². The second-order valence-corrected chi connectivity index (χ2v) is 8.77. The number of carbonyl (C=O) groups excluding carboxylic acids is 1. The van der Waals surface area contributed by atoms with Crippen molar-refractivity contribution in [2.24, 2.45) is 11.8 Å². The molecule has 1 aromatic carbocycles. The average Bonchev–Trinajstić information content (AvgIpc) is 3.24. The lowest BCUT2D eigenvalue weighted by Gasteiger charge is -2.19. The first-order chi connectivity index (χ1) is 11.0. The minimum Gasteiger partial charge on any atom is -0.460 e. The Balaban J connectivity index is 1.87. The lowest BCUT2D eigenvalue weighted by molar-refractivity contribution is -0.157. The van der Waals surface area contributed by atoms with Gasteiger partial charge in [-0.25, -0.2) is 0 Å². The van der Waals surface area contributed by atoms with Gasteiger partial charge in [-0.05, 0) is 46.2 Å². The van der Waals surface area contributed by atoms with Gasteiger partial charge < -0.3 is 9.84 Å². The SMILES string of the molecule is Cc1ccc(S(=O)(=O)OC[C@@H](O)[C@@H]2C[C@H]2C(=O)OC(C)(C)C)cc1. The highest BCUT2D eigenvalue weighted by Gasteiger charge is 2.49. The molecule has 6 nitrogen and oxygen atoms in total. The maximum atomic E-state index is 12.1. The van der Waals surface area contributed by atoms with Gasteiger partial charge in [0.05, 0.1) is 23.5 Å². The van der Waals surface area contributed by atoms with E-state index >= 15 is 0 Å². The minimum atomic E-state index is -3.92. The lowest BCUT2D eigenvalue weighted by atomic mass is 10.2. The van der Waals surface area contributed by atoms with E-state index in [0.29, 0.717) is 6.42 Å². The molecular weight excluding hydrogens is 332 g/mol. The zero-order chi connectivity index (χ0) is 18.1. The second-order valence-electron chi connectivity index (χ2n) is 7.16. The summed E-state index contributed by atoms with van der Waals surface area (Å²) >= 11 is 0. The summed E-state index contributed by atoms with van der Waals surface area (Å²) in [6.07, 6.45) is -0.549. The molecular formula is C17H24O6S. The molecule has 0 saturated heterocycles. The number of carbonyl (C=O) groups is 1. The van der Waals surface area contributed by atoms with Gasteiger partial charge in [-0.15, -0.1) is 0 Å². The summed E-state index contributed by atoms with van der Waals surface area (Å²) < 4.78 is 34.3. The summed E-state index contributed by atoms with van der Waals surface area (Å²) in [6, 6.07) is 6.26. The third kappa shape index (κ3) is 5.03. The fourth-order valence-corrected chi connectivity index (χ4v) is 3.27. The van der Waals surface area contributed by atoms with Crippen LogP contribution in [0.2, 0.25) is 0 Å². The lowest BCUT2D eigenvalue weighted by Crippen LogP contribution is -2.27. The molecule has 0 spiro atoms. The first-order valence-electron chi connectivity index (χ1n) is 7.86. The Bertz CT molecular complexity index is 687. The predicted molar refractivity (Wildman–Crippen MR) is 87.8 cm³/mol. The van der Waals surface area contributed by atoms with Gasteiger partial charge in [0.15, 0.2) is 0 Å². The number of esters is 1. The maximum absolute atomic E-state index is 12.1. The third-order valence-electron chi connectivity index (χ3n) is 3.75. The highest BCUT2D eigenvalue weighted by molar-refractivity contribution is 7.86. The Hall–Kier alpha value is -1.44. The van der Waals surface area contributed by atoms with Crippen molar-refractivity contribution in [2.45, 2.75) is 50.7 Å². The Morgan fingerprint density at radius 2 is 1.88 bits per heavy atom. The number of ether oxygens (including phenoxy) is 1. The van der Waals surface area contributed by atoms with Crippen molar-refractivity contribution in [3.05, 3.63) is 29.8 Å². The van der Waals surface area contributed by atoms with Gasteiger partial charge in [0, 0.05) is 5.92 Å². The monoisotopic (exact) mass is 356 g/mol. The van der Waals surface area contributed by atoms with E-state index in [0.717, 1.165) is 5.56 Å². The molecule has 1 aromatic rings. The van der Waals surface area contributed by atoms with E-state index < -0.39 is 27.7 Å². The largest absolute Gasteiger partial charge is 0.460 e. The van der Waals surface area contributed by atoms with Gasteiger partial charge in [-0.3, -0.25) is 8.98 Å². The van der Waals surface area contributed by atoms with Crippen LogP contribution in [0.5, 0.6) is 0 Å². The first kappa shape index (κ1) is 18.9. The van der Waals surface area contributed by atoms with Crippen LogP contribution in [0.25, 0.3) is 0 Å². The number of aryl methyl sites for hydroxylation is 1. The van der Waals surface area contributed by atoms with E-state index in [1.165, 1.54) is 12.1 Å². The topological polar surface area (TPSA) is 89.9 Å². The predicted octanol–water partition coefficient (Wildman–Crippen LogP) is 2.04. The zero-order valence-corrected chi connectivity index (χ0v) is 15.2. The molecule has 134 valence electrons. The van der Waals surface area contributed by atoms with E-state index in [-0.39, 0.29) is 23.4 Å². The molecule has 0 radical (unpaired) electrons. The van der Waals surface area contributed by atoms with Gasteiger partial charge >= 0.3 is 5.97 Å². The molecule has 7 heteroatoms. The summed E-state index contributed by atoms with van der Waals surface area (Å²) in [5.74, 6) is -1.09. The Labute approximate surface area is 142 Å². The van der Waals surface area contributed by atoms with E-state index in [9.17, 15) is 18.3 Å². The molecule has 1 saturated carbocycles. The number of benzene rings is 1. The average molecular weight is 356 g/mol. The van der Waals surface area contributed by atoms with Crippen LogP contribution in [0.15, 0.2) is 29.2 Å². The van der Waals surface area contributed by atoms with Crippen LogP contribution in [0.3, 0.4) is 0 Å². The van der Waals surface area contributed by atoms with E-state index in [4.69, 9.17) is 8.92 Å². The quantitative estimate of drug-likeness (QED) is 0.620. The number of aliphatic hydroxyl groups is 1. The van der Waals surface area contributed by atoms with Gasteiger partial charge in [0.2, 0.25) is 0 Å². The number of hydrogen-bond donors (Lipinski definition) is 1. The highest BCUT2D eigenvalue weighted by Crippen LogP contribution is 2.43. The highest BCUT2D eigenvalue weighted by atomic mass is 32.2. The molecule has 0 aliphatic heterocycles. The van der Waals surface area contributed by atoms with Gasteiger partial charge in [-0.1, -0.05) is 17.7 Å². The van der Waals surface area contributed by atoms with Crippen LogP contribution in [-0.4, -0.2) is 37.8 Å². The minimum absolute atomic E-state index is 0.0415. The van der Waals surface area contributed by atoms with Crippen molar-refractivity contribution < 1.29 is 27.2 Å². The Morgan fingerprint density at radius 1 is 1.29 bits per heavy atom. The van der Waals surface area contributed by atoms with E-state index in [1.54, 1.807) is 32.9 Å². The van der Waals surface area contributed by atoms with Crippen molar-refractivity contribution >= 4 is 16.1 Å². The normalized spacial score (nSPS) is 22.0. The van der Waals surface area contributed by atoms with Crippen molar-refractivity contribution in [1.29, 1.82) is 0 Å². The van der Waals surface area contributed by atoms with Crippen molar-refractivity contribution in [1.82, 2.24) is 0 Å². The van der Waals surface area contributed by atoms with Crippen LogP contribution in [0.4, 0.5) is 0 Å². The summed E-state index contributed by atoms with van der Waals surface area (Å²) in [6.45, 7) is 6.80. The molecule has 0 bridgehead atoms. The second kappa shape index (κ2) is 6.82. The molecule has 24 heavy (non-hydrogen) atoms. The molecule has 1 aliphatic rings. The molecule has 2 rings (SSSR count). The van der Waals surface area contributed by atoms with Crippen molar-refractivity contribution in [3.8, 4) is 0 Å². The molecule has 1 fully saturated rings.